The van der Waals surface area contributed by atoms with Gasteiger partial charge in [-0.05, 0) is 18.8 Å². The third-order valence-electron chi connectivity index (χ3n) is 3.16. The summed E-state index contributed by atoms with van der Waals surface area (Å²) in [5.41, 5.74) is 0. The van der Waals surface area contributed by atoms with E-state index in [1.54, 1.807) is 0 Å². The molecular weight excluding hydrogens is 347 g/mol. The topological polar surface area (TPSA) is 135 Å². The Bertz CT molecular complexity index is 597. The van der Waals surface area contributed by atoms with Crippen molar-refractivity contribution in [1.82, 2.24) is 15.1 Å². The molecule has 1 fully saturated rings. The molecule has 12 nitrogen and oxygen atoms in total. The molecule has 0 aliphatic carbocycles. The summed E-state index contributed by atoms with van der Waals surface area (Å²) in [6, 6.07) is 0. The average molecular weight is 366 g/mol. The second-order valence-corrected chi connectivity index (χ2v) is 6.67. The predicted molar refractivity (Wildman–Crippen MR) is 77.9 cm³/mol. The van der Waals surface area contributed by atoms with Crippen molar-refractivity contribution in [3.05, 3.63) is 22.1 Å². The van der Waals surface area contributed by atoms with Gasteiger partial charge in [0.2, 0.25) is 6.17 Å². The van der Waals surface area contributed by atoms with Crippen LogP contribution in [-0.4, -0.2) is 62.8 Å². The minimum Gasteiger partial charge on any atom is -0.370 e. The van der Waals surface area contributed by atoms with E-state index in [-0.39, 0.29) is 25.7 Å². The molecule has 13 heteroatoms. The number of amides is 1. The second-order valence-electron chi connectivity index (χ2n) is 5.36. The Morgan fingerprint density at radius 2 is 2.21 bits per heavy atom. The lowest BCUT2D eigenvalue weighted by Gasteiger charge is -2.36. The highest BCUT2D eigenvalue weighted by atomic mass is 31.2. The third kappa shape index (κ3) is 4.02. The van der Waals surface area contributed by atoms with Gasteiger partial charge < -0.3 is 19.7 Å². The van der Waals surface area contributed by atoms with Crippen molar-refractivity contribution >= 4 is 13.7 Å². The maximum absolute atomic E-state index is 11.9. The summed E-state index contributed by atoms with van der Waals surface area (Å²) in [5, 5.41) is 14.4. The summed E-state index contributed by atoms with van der Waals surface area (Å²) in [4.78, 5) is 32.1. The fourth-order valence-corrected chi connectivity index (χ4v) is 3.26. The van der Waals surface area contributed by atoms with Gasteiger partial charge in [0, 0.05) is 6.92 Å². The van der Waals surface area contributed by atoms with Gasteiger partial charge in [0.1, 0.15) is 12.8 Å². The zero-order chi connectivity index (χ0) is 18.1. The zero-order valence-corrected chi connectivity index (χ0v) is 14.3. The molecule has 2 aliphatic heterocycles. The lowest BCUT2D eigenvalue weighted by atomic mass is 10.4. The molecule has 0 aromatic carbocycles. The van der Waals surface area contributed by atoms with Crippen LogP contribution in [0.25, 0.3) is 0 Å². The molecule has 0 saturated carbocycles. The fourth-order valence-electron chi connectivity index (χ4n) is 2.24. The molecule has 0 aromatic heterocycles. The van der Waals surface area contributed by atoms with Crippen molar-refractivity contribution in [3.63, 3.8) is 0 Å². The molecule has 0 radical (unpaired) electrons. The molecule has 1 saturated heterocycles. The standard InChI is InChI=1S/C11H19N4O8P/c1-8(2)22-24(19,20)23-14-9(3)13(6-10(14)15(17)18)12-4-5-21-7-11(12)16/h6,8-9H,4-5,7H2,1-3H3,(H,19,20)/t9-/m1/s1. The van der Waals surface area contributed by atoms with E-state index in [0.717, 1.165) is 6.20 Å². The molecule has 1 unspecified atom stereocenters. The minimum atomic E-state index is -4.57. The van der Waals surface area contributed by atoms with Crippen molar-refractivity contribution in [1.29, 1.82) is 0 Å². The molecule has 0 spiro atoms. The van der Waals surface area contributed by atoms with Crippen LogP contribution in [-0.2, 0) is 23.2 Å². The lowest BCUT2D eigenvalue weighted by Crippen LogP contribution is -2.54. The molecule has 1 N–H and O–H groups in total. The summed E-state index contributed by atoms with van der Waals surface area (Å²) >= 11 is 0. The Hall–Kier alpha value is -1.72. The molecule has 24 heavy (non-hydrogen) atoms. The number of ether oxygens (including phenoxy) is 1. The van der Waals surface area contributed by atoms with Gasteiger partial charge in [-0.25, -0.2) is 14.6 Å². The monoisotopic (exact) mass is 366 g/mol. The molecule has 0 aromatic rings. The maximum atomic E-state index is 11.9. The molecule has 2 aliphatic rings. The molecule has 2 heterocycles. The van der Waals surface area contributed by atoms with E-state index >= 15 is 0 Å². The average Bonchev–Trinajstić information content (AvgIpc) is 2.75. The van der Waals surface area contributed by atoms with Crippen LogP contribution in [0.5, 0.6) is 0 Å². The lowest BCUT2D eigenvalue weighted by molar-refractivity contribution is -0.462. The summed E-state index contributed by atoms with van der Waals surface area (Å²) < 4.78 is 26.6. The van der Waals surface area contributed by atoms with Gasteiger partial charge in [-0.2, -0.15) is 0 Å². The van der Waals surface area contributed by atoms with E-state index in [9.17, 15) is 24.4 Å². The summed E-state index contributed by atoms with van der Waals surface area (Å²) in [6.07, 6.45) is -0.481. The normalized spacial score (nSPS) is 24.4. The van der Waals surface area contributed by atoms with E-state index in [4.69, 9.17) is 13.9 Å². The first-order valence-corrected chi connectivity index (χ1v) is 8.64. The van der Waals surface area contributed by atoms with Crippen molar-refractivity contribution in [2.45, 2.75) is 33.0 Å². The van der Waals surface area contributed by atoms with Crippen molar-refractivity contribution in [3.8, 4) is 0 Å². The predicted octanol–water partition coefficient (Wildman–Crippen LogP) is 0.256. The van der Waals surface area contributed by atoms with Gasteiger partial charge in [0.15, 0.2) is 0 Å². The number of hydroxylamine groups is 2. The van der Waals surface area contributed by atoms with Crippen molar-refractivity contribution in [2.24, 2.45) is 0 Å². The Kier molecular flexibility index (Phi) is 5.45. The number of nitro groups is 1. The van der Waals surface area contributed by atoms with Gasteiger partial charge in [0.05, 0.1) is 19.3 Å². The quantitative estimate of drug-likeness (QED) is 0.396. The van der Waals surface area contributed by atoms with E-state index < -0.39 is 30.8 Å². The maximum Gasteiger partial charge on any atom is 0.510 e. The third-order valence-corrected chi connectivity index (χ3v) is 4.23. The number of phosphoric ester groups is 1. The van der Waals surface area contributed by atoms with Crippen LogP contribution in [0.1, 0.15) is 20.8 Å². The van der Waals surface area contributed by atoms with Gasteiger partial charge >= 0.3 is 13.6 Å². The Labute approximate surface area is 137 Å². The highest BCUT2D eigenvalue weighted by Gasteiger charge is 2.48. The number of carbonyl (C=O) groups excluding carboxylic acids is 1. The first kappa shape index (κ1) is 18.6. The SMILES string of the molecule is CC(C)OP(=O)(O)ON1C([N+](=O)[O-])=CN(N2CCOCC2=O)[C@H]1C. The molecule has 2 atom stereocenters. The van der Waals surface area contributed by atoms with Crippen LogP contribution in [0.3, 0.4) is 0 Å². The summed E-state index contributed by atoms with van der Waals surface area (Å²) in [6.45, 7) is 4.82. The zero-order valence-electron chi connectivity index (χ0n) is 13.4. The number of phosphoric acid groups is 1. The first-order chi connectivity index (χ1) is 11.1. The van der Waals surface area contributed by atoms with Crippen LogP contribution in [0.15, 0.2) is 12.0 Å². The largest absolute Gasteiger partial charge is 0.510 e. The van der Waals surface area contributed by atoms with Gasteiger partial charge in [-0.3, -0.25) is 9.32 Å². The molecular formula is C11H19N4O8P. The van der Waals surface area contributed by atoms with E-state index in [2.05, 4.69) is 0 Å². The number of hydrogen-bond acceptors (Lipinski definition) is 9. The van der Waals surface area contributed by atoms with Crippen LogP contribution in [0.2, 0.25) is 0 Å². The highest BCUT2D eigenvalue weighted by Crippen LogP contribution is 2.48. The van der Waals surface area contributed by atoms with E-state index in [1.807, 2.05) is 0 Å². The number of hydrazine groups is 1. The molecule has 0 bridgehead atoms. The number of morpholine rings is 1. The second kappa shape index (κ2) is 7.03. The number of rotatable bonds is 6. The van der Waals surface area contributed by atoms with E-state index in [1.165, 1.54) is 30.8 Å². The Balaban J connectivity index is 2.22. The Morgan fingerprint density at radius 3 is 2.75 bits per heavy atom. The van der Waals surface area contributed by atoms with E-state index in [0.29, 0.717) is 5.06 Å². The van der Waals surface area contributed by atoms with Gasteiger partial charge in [-0.1, -0.05) is 9.69 Å². The molecule has 1 amide bonds. The van der Waals surface area contributed by atoms with Crippen molar-refractivity contribution < 1.29 is 33.1 Å². The number of carbonyl (C=O) groups is 1. The van der Waals surface area contributed by atoms with Gasteiger partial charge in [-0.15, -0.1) is 0 Å². The summed E-state index contributed by atoms with van der Waals surface area (Å²) in [7, 11) is -4.57. The smallest absolute Gasteiger partial charge is 0.370 e. The van der Waals surface area contributed by atoms with Crippen molar-refractivity contribution in [2.75, 3.05) is 19.8 Å². The van der Waals surface area contributed by atoms with Crippen LogP contribution >= 0.6 is 7.82 Å². The fraction of sp³-hybridized carbons (Fsp3) is 0.727. The Morgan fingerprint density at radius 1 is 1.54 bits per heavy atom. The van der Waals surface area contributed by atoms with Crippen LogP contribution in [0.4, 0.5) is 0 Å². The van der Waals surface area contributed by atoms with Crippen LogP contribution in [0, 0.1) is 10.1 Å². The number of hydrogen-bond donors (Lipinski definition) is 1. The highest BCUT2D eigenvalue weighted by molar-refractivity contribution is 7.47. The minimum absolute atomic E-state index is 0.152. The molecule has 136 valence electrons. The summed E-state index contributed by atoms with van der Waals surface area (Å²) in [5.74, 6) is -0.983. The van der Waals surface area contributed by atoms with Gasteiger partial charge in [0.25, 0.3) is 5.91 Å². The van der Waals surface area contributed by atoms with Crippen LogP contribution < -0.4 is 0 Å². The molecule has 2 rings (SSSR count). The first-order valence-electron chi connectivity index (χ1n) is 7.15. The number of nitrogens with zero attached hydrogens (tertiary/aromatic N) is 4.